The molecule has 1 fully saturated rings. The van der Waals surface area contributed by atoms with Gasteiger partial charge in [0.2, 0.25) is 0 Å². The molecule has 1 aliphatic heterocycles. The zero-order valence-corrected chi connectivity index (χ0v) is 16.7. The number of benzene rings is 1. The number of aryl methyl sites for hydroxylation is 1. The Morgan fingerprint density at radius 2 is 1.90 bits per heavy atom. The maximum atomic E-state index is 13.0. The largest absolute Gasteiger partial charge is 0.493 e. The number of rotatable bonds is 8. The molecular weight excluding hydrogens is 371 g/mol. The van der Waals surface area contributed by atoms with Crippen LogP contribution in [0.15, 0.2) is 36.9 Å². The fraction of sp³-hybridized carbons (Fsp3) is 0.476. The summed E-state index contributed by atoms with van der Waals surface area (Å²) in [6, 6.07) is 6.25. The number of likely N-dealkylation sites (tertiary alicyclic amines) is 1. The number of halogens is 1. The van der Waals surface area contributed by atoms with E-state index in [1.165, 1.54) is 12.1 Å². The number of nitrogens with one attached hydrogen (secondary N) is 1. The zero-order valence-electron chi connectivity index (χ0n) is 16.7. The molecule has 154 valence electrons. The number of imidazole rings is 1. The Hall–Kier alpha value is -2.74. The molecule has 0 bridgehead atoms. The van der Waals surface area contributed by atoms with E-state index in [1.807, 2.05) is 13.4 Å². The fourth-order valence-corrected chi connectivity index (χ4v) is 3.81. The highest BCUT2D eigenvalue weighted by Gasteiger charge is 2.19. The van der Waals surface area contributed by atoms with Gasteiger partial charge in [-0.05, 0) is 69.1 Å². The first-order chi connectivity index (χ1) is 14.2. The van der Waals surface area contributed by atoms with E-state index in [2.05, 4.69) is 29.7 Å². The predicted octanol–water partition coefficient (Wildman–Crippen LogP) is 3.19. The van der Waals surface area contributed by atoms with Gasteiger partial charge in [-0.3, -0.25) is 0 Å². The highest BCUT2D eigenvalue weighted by Crippen LogP contribution is 2.21. The van der Waals surface area contributed by atoms with Crippen LogP contribution in [0.4, 0.5) is 10.2 Å². The van der Waals surface area contributed by atoms with Gasteiger partial charge >= 0.3 is 0 Å². The summed E-state index contributed by atoms with van der Waals surface area (Å²) < 4.78 is 20.9. The quantitative estimate of drug-likeness (QED) is 0.629. The SMILES string of the molecule is CNc1ncnc2c1ncn2CCCN1CCC(COc2ccc(F)cc2)CC1. The summed E-state index contributed by atoms with van der Waals surface area (Å²) in [7, 11) is 1.84. The van der Waals surface area contributed by atoms with Crippen LogP contribution in [-0.2, 0) is 6.54 Å². The fourth-order valence-electron chi connectivity index (χ4n) is 3.81. The Morgan fingerprint density at radius 3 is 2.66 bits per heavy atom. The summed E-state index contributed by atoms with van der Waals surface area (Å²) in [5.74, 6) is 1.83. The van der Waals surface area contributed by atoms with Crippen LogP contribution < -0.4 is 10.1 Å². The average molecular weight is 398 g/mol. The van der Waals surface area contributed by atoms with E-state index in [9.17, 15) is 4.39 Å². The Morgan fingerprint density at radius 1 is 1.10 bits per heavy atom. The van der Waals surface area contributed by atoms with Gasteiger partial charge in [0.15, 0.2) is 11.5 Å². The maximum absolute atomic E-state index is 13.0. The third-order valence-electron chi connectivity index (χ3n) is 5.52. The molecule has 1 N–H and O–H groups in total. The van der Waals surface area contributed by atoms with Crippen molar-refractivity contribution in [2.75, 3.05) is 38.6 Å². The zero-order chi connectivity index (χ0) is 20.1. The number of fused-ring (bicyclic) bond motifs is 1. The number of hydrogen-bond donors (Lipinski definition) is 1. The first kappa shape index (κ1) is 19.6. The molecule has 1 saturated heterocycles. The van der Waals surface area contributed by atoms with E-state index in [-0.39, 0.29) is 5.82 Å². The lowest BCUT2D eigenvalue weighted by Crippen LogP contribution is -2.36. The minimum atomic E-state index is -0.232. The van der Waals surface area contributed by atoms with Crippen molar-refractivity contribution in [1.29, 1.82) is 0 Å². The van der Waals surface area contributed by atoms with Crippen molar-refractivity contribution in [3.05, 3.63) is 42.7 Å². The highest BCUT2D eigenvalue weighted by atomic mass is 19.1. The molecule has 0 aliphatic carbocycles. The third kappa shape index (κ3) is 4.82. The number of aromatic nitrogens is 4. The second-order valence-corrected chi connectivity index (χ2v) is 7.49. The minimum absolute atomic E-state index is 0.232. The van der Waals surface area contributed by atoms with Crippen LogP contribution in [0.2, 0.25) is 0 Å². The molecule has 29 heavy (non-hydrogen) atoms. The van der Waals surface area contributed by atoms with Crippen LogP contribution >= 0.6 is 0 Å². The van der Waals surface area contributed by atoms with Gasteiger partial charge in [-0.15, -0.1) is 0 Å². The summed E-state index contributed by atoms with van der Waals surface area (Å²) in [6.07, 6.45) is 6.74. The molecule has 1 aliphatic rings. The molecule has 0 saturated carbocycles. The van der Waals surface area contributed by atoms with Gasteiger partial charge in [0.25, 0.3) is 0 Å². The van der Waals surface area contributed by atoms with Gasteiger partial charge in [0, 0.05) is 13.6 Å². The topological polar surface area (TPSA) is 68.1 Å². The molecule has 0 atom stereocenters. The molecule has 0 radical (unpaired) electrons. The van der Waals surface area contributed by atoms with Crippen molar-refractivity contribution in [3.8, 4) is 5.75 Å². The van der Waals surface area contributed by atoms with E-state index in [1.54, 1.807) is 18.5 Å². The predicted molar refractivity (Wildman–Crippen MR) is 111 cm³/mol. The van der Waals surface area contributed by atoms with Crippen LogP contribution in [0, 0.1) is 11.7 Å². The Bertz CT molecular complexity index is 921. The lowest BCUT2D eigenvalue weighted by atomic mass is 9.97. The highest BCUT2D eigenvalue weighted by molar-refractivity contribution is 5.82. The lowest BCUT2D eigenvalue weighted by molar-refractivity contribution is 0.139. The molecular formula is C21H27FN6O. The number of hydrogen-bond acceptors (Lipinski definition) is 6. The molecule has 1 aromatic carbocycles. The smallest absolute Gasteiger partial charge is 0.165 e. The van der Waals surface area contributed by atoms with Crippen molar-refractivity contribution < 1.29 is 9.13 Å². The van der Waals surface area contributed by atoms with Gasteiger partial charge in [-0.2, -0.15) is 0 Å². The van der Waals surface area contributed by atoms with Crippen molar-refractivity contribution in [2.45, 2.75) is 25.8 Å². The first-order valence-corrected chi connectivity index (χ1v) is 10.2. The van der Waals surface area contributed by atoms with Crippen LogP contribution in [0.3, 0.4) is 0 Å². The van der Waals surface area contributed by atoms with E-state index in [0.717, 1.165) is 68.2 Å². The van der Waals surface area contributed by atoms with Crippen LogP contribution in [0.1, 0.15) is 19.3 Å². The van der Waals surface area contributed by atoms with Crippen molar-refractivity contribution >= 4 is 17.0 Å². The summed E-state index contributed by atoms with van der Waals surface area (Å²) in [5, 5.41) is 3.06. The standard InChI is InChI=1S/C21H27FN6O/c1-23-20-19-21(25-14-24-20)28(15-26-19)10-2-9-27-11-7-16(8-12-27)13-29-18-5-3-17(22)4-6-18/h3-6,14-16H,2,7-13H2,1H3,(H,23,24,25). The van der Waals surface area contributed by atoms with Gasteiger partial charge in [0.05, 0.1) is 12.9 Å². The molecule has 0 spiro atoms. The molecule has 7 nitrogen and oxygen atoms in total. The molecule has 0 amide bonds. The number of piperidine rings is 1. The Kier molecular flexibility index (Phi) is 6.19. The summed E-state index contributed by atoms with van der Waals surface area (Å²) in [4.78, 5) is 15.5. The minimum Gasteiger partial charge on any atom is -0.493 e. The van der Waals surface area contributed by atoms with Crippen LogP contribution in [-0.4, -0.2) is 57.7 Å². The van der Waals surface area contributed by atoms with Gasteiger partial charge < -0.3 is 19.5 Å². The van der Waals surface area contributed by atoms with Gasteiger partial charge in [-0.1, -0.05) is 0 Å². The Balaban J connectivity index is 1.19. The molecule has 3 heterocycles. The van der Waals surface area contributed by atoms with Crippen molar-refractivity contribution in [1.82, 2.24) is 24.4 Å². The summed E-state index contributed by atoms with van der Waals surface area (Å²) >= 11 is 0. The second-order valence-electron chi connectivity index (χ2n) is 7.49. The van der Waals surface area contributed by atoms with Crippen LogP contribution in [0.25, 0.3) is 11.2 Å². The van der Waals surface area contributed by atoms with Gasteiger partial charge in [-0.25, -0.2) is 19.3 Å². The number of ether oxygens (including phenoxy) is 1. The molecule has 0 unspecified atom stereocenters. The van der Waals surface area contributed by atoms with Crippen molar-refractivity contribution in [2.24, 2.45) is 5.92 Å². The van der Waals surface area contributed by atoms with Gasteiger partial charge in [0.1, 0.15) is 23.4 Å². The monoisotopic (exact) mass is 398 g/mol. The molecule has 4 rings (SSSR count). The third-order valence-corrected chi connectivity index (χ3v) is 5.52. The van der Waals surface area contributed by atoms with E-state index in [4.69, 9.17) is 4.74 Å². The average Bonchev–Trinajstić information content (AvgIpc) is 3.17. The van der Waals surface area contributed by atoms with Crippen molar-refractivity contribution in [3.63, 3.8) is 0 Å². The maximum Gasteiger partial charge on any atom is 0.165 e. The van der Waals surface area contributed by atoms with E-state index < -0.39 is 0 Å². The van der Waals surface area contributed by atoms with E-state index in [0.29, 0.717) is 12.5 Å². The molecule has 3 aromatic rings. The summed E-state index contributed by atoms with van der Waals surface area (Å²) in [6.45, 7) is 4.84. The first-order valence-electron chi connectivity index (χ1n) is 10.2. The normalized spacial score (nSPS) is 15.7. The lowest BCUT2D eigenvalue weighted by Gasteiger charge is -2.31. The molecule has 8 heteroatoms. The second kappa shape index (κ2) is 9.17. The number of anilines is 1. The van der Waals surface area contributed by atoms with E-state index >= 15 is 0 Å². The molecule has 2 aromatic heterocycles. The Labute approximate surface area is 169 Å². The van der Waals surface area contributed by atoms with Crippen LogP contribution in [0.5, 0.6) is 5.75 Å². The summed E-state index contributed by atoms with van der Waals surface area (Å²) in [5.41, 5.74) is 1.69. The number of nitrogens with zero attached hydrogens (tertiary/aromatic N) is 5.